The SMILES string of the molecule is CCCC(CCO)CNC(=NCc1ccnc(N2CCCCC2)c1)NCC.I. The minimum atomic E-state index is 0. The van der Waals surface area contributed by atoms with Gasteiger partial charge in [0.15, 0.2) is 5.96 Å². The molecular weight excluding hydrogens is 465 g/mol. The van der Waals surface area contributed by atoms with E-state index in [0.717, 1.165) is 57.2 Å². The van der Waals surface area contributed by atoms with Crippen LogP contribution in [-0.4, -0.2) is 48.8 Å². The molecular formula is C21H38IN5O. The molecule has 7 heteroatoms. The lowest BCUT2D eigenvalue weighted by molar-refractivity contribution is 0.251. The van der Waals surface area contributed by atoms with Gasteiger partial charge in [0, 0.05) is 39.0 Å². The van der Waals surface area contributed by atoms with E-state index in [9.17, 15) is 5.11 Å². The van der Waals surface area contributed by atoms with E-state index in [4.69, 9.17) is 4.99 Å². The van der Waals surface area contributed by atoms with Crippen molar-refractivity contribution in [3.05, 3.63) is 23.9 Å². The zero-order valence-electron chi connectivity index (χ0n) is 17.5. The minimum absolute atomic E-state index is 0. The number of aliphatic hydroxyl groups excluding tert-OH is 1. The third-order valence-electron chi connectivity index (χ3n) is 5.05. The van der Waals surface area contributed by atoms with E-state index in [-0.39, 0.29) is 30.6 Å². The van der Waals surface area contributed by atoms with E-state index < -0.39 is 0 Å². The van der Waals surface area contributed by atoms with Crippen LogP contribution in [0.4, 0.5) is 5.82 Å². The van der Waals surface area contributed by atoms with Gasteiger partial charge in [-0.1, -0.05) is 13.3 Å². The van der Waals surface area contributed by atoms with Crippen LogP contribution in [0.15, 0.2) is 23.3 Å². The van der Waals surface area contributed by atoms with Crippen LogP contribution in [-0.2, 0) is 6.54 Å². The number of hydrogen-bond donors (Lipinski definition) is 3. The maximum Gasteiger partial charge on any atom is 0.191 e. The van der Waals surface area contributed by atoms with Crippen molar-refractivity contribution in [1.29, 1.82) is 0 Å². The van der Waals surface area contributed by atoms with Gasteiger partial charge in [-0.15, -0.1) is 24.0 Å². The summed E-state index contributed by atoms with van der Waals surface area (Å²) in [4.78, 5) is 11.7. The second kappa shape index (κ2) is 14.8. The number of rotatable bonds is 10. The molecule has 28 heavy (non-hydrogen) atoms. The number of aliphatic hydroxyl groups is 1. The lowest BCUT2D eigenvalue weighted by Gasteiger charge is -2.27. The molecule has 1 aromatic rings. The quantitative estimate of drug-likeness (QED) is 0.259. The van der Waals surface area contributed by atoms with Gasteiger partial charge in [-0.2, -0.15) is 0 Å². The summed E-state index contributed by atoms with van der Waals surface area (Å²) in [6.45, 7) is 9.03. The highest BCUT2D eigenvalue weighted by Gasteiger charge is 2.12. The fourth-order valence-corrected chi connectivity index (χ4v) is 3.55. The number of piperidine rings is 1. The summed E-state index contributed by atoms with van der Waals surface area (Å²) in [6, 6.07) is 4.22. The molecule has 1 aliphatic heterocycles. The molecule has 0 saturated carbocycles. The van der Waals surface area contributed by atoms with E-state index in [1.807, 2.05) is 12.3 Å². The summed E-state index contributed by atoms with van der Waals surface area (Å²) in [5.41, 5.74) is 1.18. The fourth-order valence-electron chi connectivity index (χ4n) is 3.55. The van der Waals surface area contributed by atoms with Gasteiger partial charge in [-0.3, -0.25) is 0 Å². The van der Waals surface area contributed by atoms with Gasteiger partial charge in [0.2, 0.25) is 0 Å². The van der Waals surface area contributed by atoms with Crippen molar-refractivity contribution in [1.82, 2.24) is 15.6 Å². The largest absolute Gasteiger partial charge is 0.396 e. The zero-order valence-corrected chi connectivity index (χ0v) is 19.8. The van der Waals surface area contributed by atoms with Crippen LogP contribution in [0, 0.1) is 5.92 Å². The molecule has 160 valence electrons. The lowest BCUT2D eigenvalue weighted by Crippen LogP contribution is -2.40. The Morgan fingerprint density at radius 2 is 2.00 bits per heavy atom. The maximum absolute atomic E-state index is 9.23. The topological polar surface area (TPSA) is 72.8 Å². The summed E-state index contributed by atoms with van der Waals surface area (Å²) in [7, 11) is 0. The number of guanidine groups is 1. The Bertz CT molecular complexity index is 557. The Morgan fingerprint density at radius 3 is 2.68 bits per heavy atom. The van der Waals surface area contributed by atoms with Crippen molar-refractivity contribution < 1.29 is 5.11 Å². The van der Waals surface area contributed by atoms with Crippen molar-refractivity contribution in [2.75, 3.05) is 37.7 Å². The number of pyridine rings is 1. The minimum Gasteiger partial charge on any atom is -0.396 e. The lowest BCUT2D eigenvalue weighted by atomic mass is 10.0. The number of hydrogen-bond acceptors (Lipinski definition) is 4. The highest BCUT2D eigenvalue weighted by atomic mass is 127. The number of anilines is 1. The van der Waals surface area contributed by atoms with Gasteiger partial charge in [-0.25, -0.2) is 9.98 Å². The predicted octanol–water partition coefficient (Wildman–Crippen LogP) is 3.54. The second-order valence-corrected chi connectivity index (χ2v) is 7.31. The molecule has 1 fully saturated rings. The summed E-state index contributed by atoms with van der Waals surface area (Å²) in [5, 5.41) is 16.0. The van der Waals surface area contributed by atoms with Crippen LogP contribution in [0.25, 0.3) is 0 Å². The van der Waals surface area contributed by atoms with E-state index in [1.165, 1.54) is 24.8 Å². The van der Waals surface area contributed by atoms with E-state index >= 15 is 0 Å². The second-order valence-electron chi connectivity index (χ2n) is 7.31. The number of nitrogens with zero attached hydrogens (tertiary/aromatic N) is 3. The number of nitrogens with one attached hydrogen (secondary N) is 2. The Morgan fingerprint density at radius 1 is 1.21 bits per heavy atom. The van der Waals surface area contributed by atoms with Crippen molar-refractivity contribution in [2.45, 2.75) is 58.9 Å². The van der Waals surface area contributed by atoms with Crippen LogP contribution in [0.1, 0.15) is 57.9 Å². The van der Waals surface area contributed by atoms with Gasteiger partial charge < -0.3 is 20.6 Å². The third kappa shape index (κ3) is 8.94. The molecule has 0 spiro atoms. The fraction of sp³-hybridized carbons (Fsp3) is 0.714. The molecule has 1 aliphatic rings. The van der Waals surface area contributed by atoms with Crippen LogP contribution in [0.3, 0.4) is 0 Å². The summed E-state index contributed by atoms with van der Waals surface area (Å²) in [5.74, 6) is 2.40. The maximum atomic E-state index is 9.23. The van der Waals surface area contributed by atoms with Gasteiger partial charge in [0.1, 0.15) is 5.82 Å². The Kier molecular flexibility index (Phi) is 13.2. The first-order valence-electron chi connectivity index (χ1n) is 10.6. The van der Waals surface area contributed by atoms with Crippen molar-refractivity contribution in [3.8, 4) is 0 Å². The summed E-state index contributed by atoms with van der Waals surface area (Å²) in [6.07, 6.45) is 8.83. The number of halogens is 1. The smallest absolute Gasteiger partial charge is 0.191 e. The highest BCUT2D eigenvalue weighted by Crippen LogP contribution is 2.18. The van der Waals surface area contributed by atoms with Crippen molar-refractivity contribution in [2.24, 2.45) is 10.9 Å². The Labute approximate surface area is 187 Å². The van der Waals surface area contributed by atoms with Crippen molar-refractivity contribution >= 4 is 35.8 Å². The molecule has 0 aliphatic carbocycles. The van der Waals surface area contributed by atoms with Crippen molar-refractivity contribution in [3.63, 3.8) is 0 Å². The van der Waals surface area contributed by atoms with Gasteiger partial charge >= 0.3 is 0 Å². The van der Waals surface area contributed by atoms with E-state index in [1.54, 1.807) is 0 Å². The molecule has 2 heterocycles. The van der Waals surface area contributed by atoms with E-state index in [2.05, 4.69) is 40.4 Å². The number of aromatic nitrogens is 1. The molecule has 1 saturated heterocycles. The first-order chi connectivity index (χ1) is 13.3. The molecule has 2 rings (SSSR count). The monoisotopic (exact) mass is 503 g/mol. The third-order valence-corrected chi connectivity index (χ3v) is 5.05. The van der Waals surface area contributed by atoms with E-state index in [0.29, 0.717) is 12.5 Å². The molecule has 3 N–H and O–H groups in total. The highest BCUT2D eigenvalue weighted by molar-refractivity contribution is 14.0. The molecule has 0 aromatic carbocycles. The van der Waals surface area contributed by atoms with Gasteiger partial charge in [0.25, 0.3) is 0 Å². The molecule has 0 amide bonds. The standard InChI is InChI=1S/C21H37N5O.HI/c1-3-8-18(10-14-27)16-24-21(22-4-2)25-17-19-9-11-23-20(15-19)26-12-6-5-7-13-26;/h9,11,15,18,27H,3-8,10,12-14,16-17H2,1-2H3,(H2,22,24,25);1H. The predicted molar refractivity (Wildman–Crippen MR) is 129 cm³/mol. The van der Waals surface area contributed by atoms with Crippen LogP contribution >= 0.6 is 24.0 Å². The zero-order chi connectivity index (χ0) is 19.3. The van der Waals surface area contributed by atoms with Crippen LogP contribution in [0.5, 0.6) is 0 Å². The normalized spacial score (nSPS) is 15.7. The first-order valence-corrected chi connectivity index (χ1v) is 10.6. The number of aliphatic imine (C=N–C) groups is 1. The molecule has 1 aromatic heterocycles. The molecule has 6 nitrogen and oxygen atoms in total. The Hall–Kier alpha value is -1.09. The molecule has 0 radical (unpaired) electrons. The average molecular weight is 503 g/mol. The molecule has 1 atom stereocenters. The van der Waals surface area contributed by atoms with Crippen LogP contribution in [0.2, 0.25) is 0 Å². The first kappa shape index (κ1) is 24.9. The van der Waals surface area contributed by atoms with Crippen LogP contribution < -0.4 is 15.5 Å². The van der Waals surface area contributed by atoms with Gasteiger partial charge in [-0.05, 0) is 62.6 Å². The summed E-state index contributed by atoms with van der Waals surface area (Å²) >= 11 is 0. The van der Waals surface area contributed by atoms with Gasteiger partial charge in [0.05, 0.1) is 6.54 Å². The Balaban J connectivity index is 0.00000392. The summed E-state index contributed by atoms with van der Waals surface area (Å²) < 4.78 is 0. The molecule has 1 unspecified atom stereocenters. The molecule has 0 bridgehead atoms. The average Bonchev–Trinajstić information content (AvgIpc) is 2.71.